The molecule has 0 spiro atoms. The molecule has 6 nitrogen and oxygen atoms in total. The first-order valence-electron chi connectivity index (χ1n) is 6.88. The molecule has 118 valence electrons. The van der Waals surface area contributed by atoms with Crippen LogP contribution in [-0.4, -0.2) is 30.1 Å². The van der Waals surface area contributed by atoms with Crippen LogP contribution < -0.4 is 4.74 Å². The third kappa shape index (κ3) is 3.24. The number of hydrogen-bond donors (Lipinski definition) is 0. The summed E-state index contributed by atoms with van der Waals surface area (Å²) >= 11 is 0. The summed E-state index contributed by atoms with van der Waals surface area (Å²) in [6.45, 7) is 0.640. The third-order valence-corrected chi connectivity index (χ3v) is 5.13. The highest BCUT2D eigenvalue weighted by Gasteiger charge is 2.18. The minimum atomic E-state index is -3.61. The molecule has 0 unspecified atom stereocenters. The molecular weight excluding hydrogens is 314 g/mol. The van der Waals surface area contributed by atoms with Gasteiger partial charge < -0.3 is 9.30 Å². The van der Waals surface area contributed by atoms with Crippen molar-refractivity contribution < 1.29 is 13.2 Å². The van der Waals surface area contributed by atoms with Crippen LogP contribution in [-0.2, 0) is 16.4 Å². The number of nitrogens with zero attached hydrogens (tertiary/aromatic N) is 3. The average Bonchev–Trinajstić information content (AvgIpc) is 3.08. The Balaban J connectivity index is 1.88. The Morgan fingerprint density at radius 1 is 1.09 bits per heavy atom. The van der Waals surface area contributed by atoms with E-state index in [1.165, 1.54) is 25.6 Å². The maximum absolute atomic E-state index is 12.6. The number of rotatable bonds is 5. The molecule has 23 heavy (non-hydrogen) atoms. The molecule has 0 fully saturated rings. The van der Waals surface area contributed by atoms with Crippen LogP contribution in [0.1, 0.15) is 5.56 Å². The van der Waals surface area contributed by atoms with Crippen LogP contribution in [0.3, 0.4) is 0 Å². The Bertz CT molecular complexity index is 889. The summed E-state index contributed by atoms with van der Waals surface area (Å²) in [6.07, 6.45) is 8.05. The molecule has 0 radical (unpaired) electrons. The van der Waals surface area contributed by atoms with Crippen molar-refractivity contribution in [1.29, 1.82) is 0 Å². The molecule has 0 saturated heterocycles. The number of pyridine rings is 1. The van der Waals surface area contributed by atoms with Crippen LogP contribution in [0.2, 0.25) is 0 Å². The van der Waals surface area contributed by atoms with Crippen molar-refractivity contribution in [3.05, 3.63) is 67.0 Å². The van der Waals surface area contributed by atoms with Crippen molar-refractivity contribution in [3.63, 3.8) is 0 Å². The molecule has 0 atom stereocenters. The fraction of sp³-hybridized carbons (Fsp3) is 0.125. The molecule has 2 heterocycles. The largest absolute Gasteiger partial charge is 0.495 e. The van der Waals surface area contributed by atoms with Crippen LogP contribution in [0.15, 0.2) is 71.2 Å². The van der Waals surface area contributed by atoms with Gasteiger partial charge in [0.05, 0.1) is 29.4 Å². The molecule has 7 heteroatoms. The minimum Gasteiger partial charge on any atom is -0.495 e. The van der Waals surface area contributed by atoms with Crippen LogP contribution in [0.4, 0.5) is 0 Å². The highest BCUT2D eigenvalue weighted by Crippen LogP contribution is 2.23. The second-order valence-electron chi connectivity index (χ2n) is 4.94. The number of hydrogen-bond acceptors (Lipinski definition) is 5. The van der Waals surface area contributed by atoms with Gasteiger partial charge in [-0.3, -0.25) is 4.98 Å². The Labute approximate surface area is 134 Å². The maximum atomic E-state index is 12.6. The van der Waals surface area contributed by atoms with Gasteiger partial charge in [-0.1, -0.05) is 12.1 Å². The van der Waals surface area contributed by atoms with Crippen molar-refractivity contribution in [2.75, 3.05) is 7.11 Å². The summed E-state index contributed by atoms with van der Waals surface area (Å²) in [4.78, 5) is 8.21. The number of methoxy groups -OCH3 is 1. The lowest BCUT2D eigenvalue weighted by molar-refractivity contribution is 0.411. The van der Waals surface area contributed by atoms with Gasteiger partial charge in [0.1, 0.15) is 5.75 Å². The molecule has 1 aromatic carbocycles. The van der Waals surface area contributed by atoms with E-state index < -0.39 is 9.84 Å². The molecule has 0 bridgehead atoms. The van der Waals surface area contributed by atoms with E-state index in [9.17, 15) is 8.42 Å². The molecule has 0 saturated carbocycles. The first-order valence-corrected chi connectivity index (χ1v) is 8.37. The van der Waals surface area contributed by atoms with Gasteiger partial charge in [-0.05, 0) is 17.7 Å². The van der Waals surface area contributed by atoms with E-state index in [0.29, 0.717) is 12.3 Å². The lowest BCUT2D eigenvalue weighted by Gasteiger charge is -2.07. The highest BCUT2D eigenvalue weighted by molar-refractivity contribution is 7.91. The molecule has 0 aliphatic rings. The van der Waals surface area contributed by atoms with E-state index in [2.05, 4.69) is 9.97 Å². The van der Waals surface area contributed by atoms with Crippen molar-refractivity contribution in [2.45, 2.75) is 16.3 Å². The van der Waals surface area contributed by atoms with Gasteiger partial charge in [-0.15, -0.1) is 0 Å². The first kappa shape index (κ1) is 15.2. The Morgan fingerprint density at radius 2 is 1.87 bits per heavy atom. The van der Waals surface area contributed by atoms with Gasteiger partial charge in [-0.25, -0.2) is 13.4 Å². The number of imidazole rings is 1. The summed E-state index contributed by atoms with van der Waals surface area (Å²) in [7, 11) is -2.14. The third-order valence-electron chi connectivity index (χ3n) is 3.39. The molecule has 0 aliphatic heterocycles. The predicted molar refractivity (Wildman–Crippen MR) is 84.0 cm³/mol. The summed E-state index contributed by atoms with van der Waals surface area (Å²) in [5.74, 6) is 0.405. The zero-order valence-corrected chi connectivity index (χ0v) is 13.3. The highest BCUT2D eigenvalue weighted by atomic mass is 32.2. The van der Waals surface area contributed by atoms with Gasteiger partial charge >= 0.3 is 0 Å². The van der Waals surface area contributed by atoms with Crippen molar-refractivity contribution in [3.8, 4) is 5.75 Å². The molecule has 3 rings (SSSR count). The second-order valence-corrected chi connectivity index (χ2v) is 6.89. The van der Waals surface area contributed by atoms with E-state index >= 15 is 0 Å². The maximum Gasteiger partial charge on any atom is 0.208 e. The van der Waals surface area contributed by atoms with Crippen LogP contribution in [0.25, 0.3) is 0 Å². The summed E-state index contributed by atoms with van der Waals surface area (Å²) in [5, 5.41) is 0. The number of ether oxygens (including phenoxy) is 1. The predicted octanol–water partition coefficient (Wildman–Crippen LogP) is 2.17. The average molecular weight is 329 g/mol. The van der Waals surface area contributed by atoms with Gasteiger partial charge in [0.2, 0.25) is 9.84 Å². The van der Waals surface area contributed by atoms with Gasteiger partial charge in [0.15, 0.2) is 0 Å². The van der Waals surface area contributed by atoms with E-state index in [4.69, 9.17) is 4.74 Å². The lowest BCUT2D eigenvalue weighted by atomic mass is 10.2. The monoisotopic (exact) mass is 329 g/mol. The summed E-state index contributed by atoms with van der Waals surface area (Å²) in [5.41, 5.74) is 0.991. The fourth-order valence-corrected chi connectivity index (χ4v) is 3.40. The Kier molecular flexibility index (Phi) is 4.12. The van der Waals surface area contributed by atoms with Gasteiger partial charge in [0, 0.05) is 31.2 Å². The zero-order valence-electron chi connectivity index (χ0n) is 12.5. The normalized spacial score (nSPS) is 11.3. The fourth-order valence-electron chi connectivity index (χ4n) is 2.16. The molecular formula is C16H15N3O3S. The van der Waals surface area contributed by atoms with Crippen LogP contribution in [0, 0.1) is 0 Å². The Hall–Kier alpha value is -2.67. The number of sulfone groups is 1. The quantitative estimate of drug-likeness (QED) is 0.717. The molecule has 0 amide bonds. The van der Waals surface area contributed by atoms with Crippen molar-refractivity contribution in [1.82, 2.24) is 14.5 Å². The van der Waals surface area contributed by atoms with E-state index in [1.807, 2.05) is 10.8 Å². The molecule has 3 aromatic rings. The molecule has 2 aromatic heterocycles. The van der Waals surface area contributed by atoms with Crippen molar-refractivity contribution >= 4 is 9.84 Å². The lowest BCUT2D eigenvalue weighted by Crippen LogP contribution is -2.04. The van der Waals surface area contributed by atoms with Crippen molar-refractivity contribution in [2.24, 2.45) is 0 Å². The van der Waals surface area contributed by atoms with Gasteiger partial charge in [-0.2, -0.15) is 0 Å². The topological polar surface area (TPSA) is 74.1 Å². The SMILES string of the molecule is COc1cncc(S(=O)(=O)c2ccc(Cn3ccnc3)cc2)c1. The van der Waals surface area contributed by atoms with Gasteiger partial charge in [0.25, 0.3) is 0 Å². The Morgan fingerprint density at radius 3 is 2.52 bits per heavy atom. The smallest absolute Gasteiger partial charge is 0.208 e. The molecule has 0 aliphatic carbocycles. The first-order chi connectivity index (χ1) is 11.1. The molecule has 0 N–H and O–H groups in total. The van der Waals surface area contributed by atoms with E-state index in [0.717, 1.165) is 5.56 Å². The zero-order chi connectivity index (χ0) is 16.3. The van der Waals surface area contributed by atoms with Crippen LogP contribution >= 0.6 is 0 Å². The number of benzene rings is 1. The second kappa shape index (κ2) is 6.21. The van der Waals surface area contributed by atoms with E-state index in [-0.39, 0.29) is 9.79 Å². The number of aromatic nitrogens is 3. The summed E-state index contributed by atoms with van der Waals surface area (Å²) in [6, 6.07) is 8.24. The summed E-state index contributed by atoms with van der Waals surface area (Å²) < 4.78 is 32.2. The standard InChI is InChI=1S/C16H15N3O3S/c1-22-14-8-16(10-18-9-14)23(20,21)15-4-2-13(3-5-15)11-19-7-6-17-12-19/h2-10,12H,11H2,1H3. The van der Waals surface area contributed by atoms with E-state index in [1.54, 1.807) is 36.8 Å². The van der Waals surface area contributed by atoms with Crippen LogP contribution in [0.5, 0.6) is 5.75 Å². The minimum absolute atomic E-state index is 0.110.